The van der Waals surface area contributed by atoms with Crippen LogP contribution in [0.15, 0.2) is 77.7 Å². The van der Waals surface area contributed by atoms with Gasteiger partial charge in [0.15, 0.2) is 0 Å². The second-order valence-electron chi connectivity index (χ2n) is 9.79. The minimum atomic E-state index is -4.11. The van der Waals surface area contributed by atoms with Gasteiger partial charge < -0.3 is 10.2 Å². The van der Waals surface area contributed by atoms with E-state index in [4.69, 9.17) is 11.6 Å². The summed E-state index contributed by atoms with van der Waals surface area (Å²) in [7, 11) is -4.11. The Balaban J connectivity index is 2.06. The molecule has 9 heteroatoms. The summed E-state index contributed by atoms with van der Waals surface area (Å²) in [6.07, 6.45) is 0.575. The van der Waals surface area contributed by atoms with Gasteiger partial charge in [-0.1, -0.05) is 66.6 Å². The lowest BCUT2D eigenvalue weighted by Crippen LogP contribution is -2.52. The first kappa shape index (κ1) is 30.2. The molecule has 0 spiro atoms. The van der Waals surface area contributed by atoms with Crippen LogP contribution in [0.25, 0.3) is 0 Å². The van der Waals surface area contributed by atoms with Crippen molar-refractivity contribution in [1.29, 1.82) is 0 Å². The zero-order chi connectivity index (χ0) is 28.7. The smallest absolute Gasteiger partial charge is 0.264 e. The van der Waals surface area contributed by atoms with Gasteiger partial charge in [0, 0.05) is 17.6 Å². The highest BCUT2D eigenvalue weighted by atomic mass is 35.5. The Morgan fingerprint density at radius 2 is 1.54 bits per heavy atom. The number of anilines is 1. The van der Waals surface area contributed by atoms with Crippen molar-refractivity contribution in [3.63, 3.8) is 0 Å². The van der Waals surface area contributed by atoms with Gasteiger partial charge in [-0.2, -0.15) is 0 Å². The summed E-state index contributed by atoms with van der Waals surface area (Å²) < 4.78 is 29.1. The lowest BCUT2D eigenvalue weighted by molar-refractivity contribution is -0.139. The maximum Gasteiger partial charge on any atom is 0.264 e. The Labute approximate surface area is 236 Å². The third-order valence-electron chi connectivity index (χ3n) is 6.39. The third-order valence-corrected chi connectivity index (χ3v) is 8.42. The second kappa shape index (κ2) is 13.1. The number of para-hydroxylation sites is 1. The van der Waals surface area contributed by atoms with Gasteiger partial charge in [0.25, 0.3) is 10.0 Å². The number of carbonyl (C=O) groups excluding carboxylic acids is 2. The number of nitrogens with zero attached hydrogens (tertiary/aromatic N) is 2. The molecular formula is C30H36ClN3O4S. The fraction of sp³-hybridized carbons (Fsp3) is 0.333. The lowest BCUT2D eigenvalue weighted by atomic mass is 10.1. The molecule has 0 bridgehead atoms. The molecule has 3 rings (SSSR count). The molecule has 2 amide bonds. The van der Waals surface area contributed by atoms with Gasteiger partial charge in [-0.25, -0.2) is 8.42 Å². The molecule has 1 N–H and O–H groups in total. The van der Waals surface area contributed by atoms with Crippen LogP contribution in [0.4, 0.5) is 5.69 Å². The Morgan fingerprint density at radius 1 is 0.923 bits per heavy atom. The SMILES string of the molecule is CCc1ccccc1N(CC(=O)N(Cc1ccc(Cl)cc1)[C@@H](C)C(=O)NC(C)C)S(=O)(=O)c1ccc(C)cc1. The van der Waals surface area contributed by atoms with Gasteiger partial charge in [-0.15, -0.1) is 0 Å². The van der Waals surface area contributed by atoms with Crippen LogP contribution in [0.2, 0.25) is 5.02 Å². The molecule has 0 unspecified atom stereocenters. The molecule has 0 aromatic heterocycles. The fourth-order valence-electron chi connectivity index (χ4n) is 4.18. The van der Waals surface area contributed by atoms with Crippen molar-refractivity contribution in [2.75, 3.05) is 10.8 Å². The summed E-state index contributed by atoms with van der Waals surface area (Å²) in [6, 6.07) is 19.7. The first-order chi connectivity index (χ1) is 18.4. The van der Waals surface area contributed by atoms with Crippen LogP contribution in [-0.2, 0) is 32.6 Å². The highest BCUT2D eigenvalue weighted by Crippen LogP contribution is 2.28. The van der Waals surface area contributed by atoms with E-state index >= 15 is 0 Å². The Bertz CT molecular complexity index is 1390. The number of aryl methyl sites for hydroxylation is 2. The molecule has 0 aliphatic carbocycles. The zero-order valence-corrected chi connectivity index (χ0v) is 24.6. The number of rotatable bonds is 11. The number of benzene rings is 3. The normalized spacial score (nSPS) is 12.2. The molecule has 0 aliphatic heterocycles. The zero-order valence-electron chi connectivity index (χ0n) is 23.0. The van der Waals surface area contributed by atoms with E-state index in [-0.39, 0.29) is 23.4 Å². The van der Waals surface area contributed by atoms with Crippen molar-refractivity contribution >= 4 is 39.1 Å². The van der Waals surface area contributed by atoms with E-state index in [2.05, 4.69) is 5.32 Å². The molecule has 39 heavy (non-hydrogen) atoms. The minimum Gasteiger partial charge on any atom is -0.352 e. The van der Waals surface area contributed by atoms with Gasteiger partial charge in [-0.3, -0.25) is 13.9 Å². The van der Waals surface area contributed by atoms with Gasteiger partial charge in [0.2, 0.25) is 11.8 Å². The molecule has 0 saturated heterocycles. The second-order valence-corrected chi connectivity index (χ2v) is 12.1. The average molecular weight is 570 g/mol. The van der Waals surface area contributed by atoms with Gasteiger partial charge in [-0.05, 0) is 75.6 Å². The summed E-state index contributed by atoms with van der Waals surface area (Å²) >= 11 is 6.05. The molecule has 7 nitrogen and oxygen atoms in total. The number of amides is 2. The van der Waals surface area contributed by atoms with Crippen molar-refractivity contribution in [2.24, 2.45) is 0 Å². The molecule has 1 atom stereocenters. The largest absolute Gasteiger partial charge is 0.352 e. The quantitative estimate of drug-likeness (QED) is 0.337. The van der Waals surface area contributed by atoms with Crippen LogP contribution < -0.4 is 9.62 Å². The van der Waals surface area contributed by atoms with Crippen molar-refractivity contribution in [1.82, 2.24) is 10.2 Å². The Hall–Kier alpha value is -3.36. The number of nitrogens with one attached hydrogen (secondary N) is 1. The number of carbonyl (C=O) groups is 2. The van der Waals surface area contributed by atoms with Gasteiger partial charge in [0.1, 0.15) is 12.6 Å². The summed E-state index contributed by atoms with van der Waals surface area (Å²) in [5.74, 6) is -0.827. The van der Waals surface area contributed by atoms with E-state index in [0.717, 1.165) is 21.0 Å². The first-order valence-electron chi connectivity index (χ1n) is 13.0. The summed E-state index contributed by atoms with van der Waals surface area (Å²) in [5.41, 5.74) is 2.90. The first-order valence-corrected chi connectivity index (χ1v) is 14.8. The summed E-state index contributed by atoms with van der Waals surface area (Å²) in [6.45, 7) is 8.77. The van der Waals surface area contributed by atoms with E-state index in [9.17, 15) is 18.0 Å². The third kappa shape index (κ3) is 7.61. The van der Waals surface area contributed by atoms with Crippen molar-refractivity contribution in [3.05, 3.63) is 94.5 Å². The molecule has 3 aromatic carbocycles. The molecule has 3 aromatic rings. The van der Waals surface area contributed by atoms with Gasteiger partial charge >= 0.3 is 0 Å². The molecule has 0 heterocycles. The van der Waals surface area contributed by atoms with E-state index in [1.54, 1.807) is 67.6 Å². The number of hydrogen-bond donors (Lipinski definition) is 1. The van der Waals surface area contributed by atoms with Crippen LogP contribution >= 0.6 is 11.6 Å². The van der Waals surface area contributed by atoms with Crippen molar-refractivity contribution < 1.29 is 18.0 Å². The van der Waals surface area contributed by atoms with E-state index in [0.29, 0.717) is 17.1 Å². The van der Waals surface area contributed by atoms with Crippen LogP contribution in [-0.4, -0.2) is 43.8 Å². The number of sulfonamides is 1. The van der Waals surface area contributed by atoms with Crippen molar-refractivity contribution in [3.8, 4) is 0 Å². The minimum absolute atomic E-state index is 0.0849. The summed E-state index contributed by atoms with van der Waals surface area (Å²) in [5, 5.41) is 3.40. The monoisotopic (exact) mass is 569 g/mol. The maximum absolute atomic E-state index is 14.0. The van der Waals surface area contributed by atoms with E-state index in [1.807, 2.05) is 39.8 Å². The molecule has 0 radical (unpaired) electrons. The Morgan fingerprint density at radius 3 is 2.13 bits per heavy atom. The lowest BCUT2D eigenvalue weighted by Gasteiger charge is -2.33. The molecular weight excluding hydrogens is 534 g/mol. The van der Waals surface area contributed by atoms with Crippen LogP contribution in [0, 0.1) is 6.92 Å². The average Bonchev–Trinajstić information content (AvgIpc) is 2.90. The predicted molar refractivity (Wildman–Crippen MR) is 156 cm³/mol. The van der Waals surface area contributed by atoms with Crippen LogP contribution in [0.5, 0.6) is 0 Å². The number of halogens is 1. The van der Waals surface area contributed by atoms with Gasteiger partial charge in [0.05, 0.1) is 10.6 Å². The highest BCUT2D eigenvalue weighted by Gasteiger charge is 2.33. The fourth-order valence-corrected chi connectivity index (χ4v) is 5.76. The molecule has 0 saturated carbocycles. The van der Waals surface area contributed by atoms with Crippen LogP contribution in [0.3, 0.4) is 0 Å². The molecule has 208 valence electrons. The molecule has 0 fully saturated rings. The maximum atomic E-state index is 14.0. The van der Waals surface area contributed by atoms with E-state index < -0.39 is 28.5 Å². The van der Waals surface area contributed by atoms with E-state index in [1.165, 1.54) is 4.90 Å². The number of hydrogen-bond acceptors (Lipinski definition) is 4. The summed E-state index contributed by atoms with van der Waals surface area (Å²) in [4.78, 5) is 28.5. The standard InChI is InChI=1S/C30H36ClN3O4S/c1-6-25-9-7-8-10-28(25)34(39(37,38)27-17-11-22(4)12-18-27)20-29(35)33(23(5)30(36)32-21(2)3)19-24-13-15-26(31)16-14-24/h7-18,21,23H,6,19-20H2,1-5H3,(H,32,36)/t23-/m0/s1. The highest BCUT2D eigenvalue weighted by molar-refractivity contribution is 7.92. The van der Waals surface area contributed by atoms with Crippen molar-refractivity contribution in [2.45, 2.75) is 64.6 Å². The molecule has 0 aliphatic rings. The van der Waals surface area contributed by atoms with Crippen LogP contribution in [0.1, 0.15) is 44.4 Å². The predicted octanol–water partition coefficient (Wildman–Crippen LogP) is 5.35. The topological polar surface area (TPSA) is 86.8 Å². The Kier molecular flexibility index (Phi) is 10.2.